The average molecular weight is 542 g/mol. The molecule has 0 aromatic carbocycles. The van der Waals surface area contributed by atoms with E-state index < -0.39 is 67.0 Å². The SMILES string of the molecule is CCC(O)COC(=O)/C=C/OCC(F)(F)C(F)(F)C(F)(F)C(F)(F)C(F)(F)C(F)(F)C(F)(F)F. The molecular formula is C15H13F15O4. The number of carbonyl (C=O) groups is 1. The summed E-state index contributed by atoms with van der Waals surface area (Å²) in [4.78, 5) is 11.1. The molecule has 202 valence electrons. The van der Waals surface area contributed by atoms with E-state index in [2.05, 4.69) is 9.47 Å². The molecule has 0 amide bonds. The fourth-order valence-electron chi connectivity index (χ4n) is 1.69. The third-order valence-electron chi connectivity index (χ3n) is 3.85. The standard InChI is InChI=1S/C15H13F15O4/c1-2-7(31)5-34-8(32)3-4-33-6-9(16,17)10(18,19)11(20,21)12(22,23)13(24,25)14(26,27)15(28,29)30/h3-4,7,31H,2,5-6H2,1H3/b4-3+. The molecule has 0 saturated heterocycles. The summed E-state index contributed by atoms with van der Waals surface area (Å²) in [6.45, 7) is -2.31. The van der Waals surface area contributed by atoms with E-state index in [1.807, 2.05) is 0 Å². The molecule has 0 aromatic rings. The molecule has 34 heavy (non-hydrogen) atoms. The molecule has 1 unspecified atom stereocenters. The molecule has 0 saturated carbocycles. The van der Waals surface area contributed by atoms with Crippen molar-refractivity contribution in [3.63, 3.8) is 0 Å². The van der Waals surface area contributed by atoms with Gasteiger partial charge in [-0.15, -0.1) is 0 Å². The van der Waals surface area contributed by atoms with Crippen LogP contribution in [0.4, 0.5) is 65.9 Å². The number of hydrogen-bond acceptors (Lipinski definition) is 4. The van der Waals surface area contributed by atoms with Gasteiger partial charge in [0.15, 0.2) is 6.61 Å². The zero-order valence-electron chi connectivity index (χ0n) is 16.2. The molecule has 0 aliphatic carbocycles. The Hall–Kier alpha value is -2.08. The van der Waals surface area contributed by atoms with E-state index in [1.165, 1.54) is 6.92 Å². The highest BCUT2D eigenvalue weighted by Crippen LogP contribution is 2.62. The molecule has 0 aliphatic rings. The number of halogens is 15. The average Bonchev–Trinajstić information content (AvgIpc) is 2.67. The van der Waals surface area contributed by atoms with E-state index in [0.717, 1.165) is 0 Å². The fourth-order valence-corrected chi connectivity index (χ4v) is 1.69. The summed E-state index contributed by atoms with van der Waals surface area (Å²) in [5.74, 6) is -48.8. The van der Waals surface area contributed by atoms with Crippen LogP contribution in [0.1, 0.15) is 13.3 Å². The van der Waals surface area contributed by atoms with Crippen LogP contribution in [0.3, 0.4) is 0 Å². The Kier molecular flexibility index (Phi) is 9.28. The lowest BCUT2D eigenvalue weighted by Gasteiger charge is -2.41. The molecule has 0 spiro atoms. The number of rotatable bonds is 12. The summed E-state index contributed by atoms with van der Waals surface area (Å²) in [6.07, 6.45) is -9.01. The third kappa shape index (κ3) is 5.59. The number of esters is 1. The molecule has 1 atom stereocenters. The van der Waals surface area contributed by atoms with Crippen molar-refractivity contribution in [2.75, 3.05) is 13.2 Å². The normalized spacial score (nSPS) is 16.0. The Bertz CT molecular complexity index is 730. The first kappa shape index (κ1) is 31.9. The molecule has 4 nitrogen and oxygen atoms in total. The van der Waals surface area contributed by atoms with Crippen molar-refractivity contribution in [1.29, 1.82) is 0 Å². The maximum Gasteiger partial charge on any atom is 0.460 e. The number of ether oxygens (including phenoxy) is 2. The van der Waals surface area contributed by atoms with Crippen molar-refractivity contribution in [1.82, 2.24) is 0 Å². The van der Waals surface area contributed by atoms with Crippen LogP contribution < -0.4 is 0 Å². The zero-order chi connectivity index (χ0) is 27.6. The molecule has 0 rings (SSSR count). The van der Waals surface area contributed by atoms with Gasteiger partial charge in [0.05, 0.1) is 18.4 Å². The van der Waals surface area contributed by atoms with Crippen molar-refractivity contribution in [2.24, 2.45) is 0 Å². The quantitative estimate of drug-likeness (QED) is 0.160. The summed E-state index contributed by atoms with van der Waals surface area (Å²) in [5, 5.41) is 9.06. The molecule has 0 aliphatic heterocycles. The van der Waals surface area contributed by atoms with Gasteiger partial charge < -0.3 is 14.6 Å². The number of aliphatic hydroxyl groups is 1. The molecule has 0 bridgehead atoms. The van der Waals surface area contributed by atoms with Crippen molar-refractivity contribution in [3.8, 4) is 0 Å². The Morgan fingerprint density at radius 1 is 0.765 bits per heavy atom. The number of carbonyl (C=O) groups excluding carboxylic acids is 1. The van der Waals surface area contributed by atoms with E-state index in [4.69, 9.17) is 5.11 Å². The molecule has 0 fully saturated rings. The van der Waals surface area contributed by atoms with E-state index >= 15 is 0 Å². The van der Waals surface area contributed by atoms with Gasteiger partial charge in [-0.1, -0.05) is 6.92 Å². The molecule has 0 heterocycles. The molecule has 1 N–H and O–H groups in total. The molecule has 19 heteroatoms. The van der Waals surface area contributed by atoms with Crippen molar-refractivity contribution < 1.29 is 85.2 Å². The summed E-state index contributed by atoms with van der Waals surface area (Å²) < 4.78 is 202. The van der Waals surface area contributed by atoms with Crippen LogP contribution in [0.15, 0.2) is 12.3 Å². The maximum atomic E-state index is 13.5. The van der Waals surface area contributed by atoms with Crippen LogP contribution in [0.25, 0.3) is 0 Å². The van der Waals surface area contributed by atoms with Gasteiger partial charge >= 0.3 is 47.7 Å². The molecular weight excluding hydrogens is 529 g/mol. The third-order valence-corrected chi connectivity index (χ3v) is 3.85. The second kappa shape index (κ2) is 9.88. The topological polar surface area (TPSA) is 55.8 Å². The maximum absolute atomic E-state index is 13.5. The van der Waals surface area contributed by atoms with Crippen molar-refractivity contribution in [3.05, 3.63) is 12.3 Å². The van der Waals surface area contributed by atoms with Crippen LogP contribution in [0, 0.1) is 0 Å². The molecule has 0 aromatic heterocycles. The van der Waals surface area contributed by atoms with Gasteiger partial charge in [0.1, 0.15) is 6.61 Å². The first-order valence-corrected chi connectivity index (χ1v) is 8.31. The van der Waals surface area contributed by atoms with Gasteiger partial charge in [-0.3, -0.25) is 0 Å². The summed E-state index contributed by atoms with van der Waals surface area (Å²) in [6, 6.07) is 0. The highest BCUT2D eigenvalue weighted by Gasteiger charge is 2.93. The zero-order valence-corrected chi connectivity index (χ0v) is 16.2. The van der Waals surface area contributed by atoms with Crippen LogP contribution in [0.5, 0.6) is 0 Å². The first-order valence-electron chi connectivity index (χ1n) is 8.31. The lowest BCUT2D eigenvalue weighted by molar-refractivity contribution is -0.453. The van der Waals surface area contributed by atoms with Crippen LogP contribution in [-0.4, -0.2) is 72.1 Å². The van der Waals surface area contributed by atoms with Crippen LogP contribution in [-0.2, 0) is 14.3 Å². The van der Waals surface area contributed by atoms with Crippen molar-refractivity contribution >= 4 is 5.97 Å². The fraction of sp³-hybridized carbons (Fsp3) is 0.800. The number of hydrogen-bond donors (Lipinski definition) is 1. The second-order valence-corrected chi connectivity index (χ2v) is 6.38. The van der Waals surface area contributed by atoms with E-state index in [9.17, 15) is 70.7 Å². The molecule has 0 radical (unpaired) electrons. The summed E-state index contributed by atoms with van der Waals surface area (Å²) in [7, 11) is 0. The van der Waals surface area contributed by atoms with Gasteiger partial charge in [-0.25, -0.2) is 4.79 Å². The lowest BCUT2D eigenvalue weighted by atomic mass is 9.91. The van der Waals surface area contributed by atoms with Gasteiger partial charge in [0, 0.05) is 0 Å². The minimum Gasteiger partial charge on any atom is -0.494 e. The highest BCUT2D eigenvalue weighted by atomic mass is 19.4. The second-order valence-electron chi connectivity index (χ2n) is 6.38. The highest BCUT2D eigenvalue weighted by molar-refractivity contribution is 5.81. The smallest absolute Gasteiger partial charge is 0.460 e. The van der Waals surface area contributed by atoms with E-state index in [-0.39, 0.29) is 18.8 Å². The van der Waals surface area contributed by atoms with Crippen molar-refractivity contribution in [2.45, 2.75) is 61.2 Å². The summed E-state index contributed by atoms with van der Waals surface area (Å²) >= 11 is 0. The van der Waals surface area contributed by atoms with Crippen LogP contribution >= 0.6 is 0 Å². The van der Waals surface area contributed by atoms with Gasteiger partial charge in [0.25, 0.3) is 0 Å². The van der Waals surface area contributed by atoms with Gasteiger partial charge in [0.2, 0.25) is 0 Å². The van der Waals surface area contributed by atoms with Gasteiger partial charge in [-0.2, -0.15) is 65.9 Å². The predicted molar refractivity (Wildman–Crippen MR) is 78.1 cm³/mol. The Morgan fingerprint density at radius 3 is 1.59 bits per heavy atom. The number of alkyl halides is 15. The summed E-state index contributed by atoms with van der Waals surface area (Å²) in [5.41, 5.74) is 0. The lowest BCUT2D eigenvalue weighted by Crippen LogP contribution is -2.73. The van der Waals surface area contributed by atoms with Crippen LogP contribution in [0.2, 0.25) is 0 Å². The van der Waals surface area contributed by atoms with Gasteiger partial charge in [-0.05, 0) is 6.42 Å². The first-order chi connectivity index (χ1) is 14.8. The number of aliphatic hydroxyl groups excluding tert-OH is 1. The largest absolute Gasteiger partial charge is 0.494 e. The minimum absolute atomic E-state index is 0.0292. The Balaban J connectivity index is 5.76. The minimum atomic E-state index is -8.38. The Morgan fingerprint density at radius 2 is 1.18 bits per heavy atom. The van der Waals surface area contributed by atoms with E-state index in [1.54, 1.807) is 0 Å². The van der Waals surface area contributed by atoms with E-state index in [0.29, 0.717) is 0 Å². The Labute approximate surface area is 179 Å². The predicted octanol–water partition coefficient (Wildman–Crippen LogP) is 5.20. The monoisotopic (exact) mass is 542 g/mol.